The summed E-state index contributed by atoms with van der Waals surface area (Å²) in [5.41, 5.74) is 0. The van der Waals surface area contributed by atoms with E-state index < -0.39 is 6.10 Å². The molecular formula is C55H96O6. The van der Waals surface area contributed by atoms with E-state index in [2.05, 4.69) is 81.5 Å². The van der Waals surface area contributed by atoms with Gasteiger partial charge >= 0.3 is 17.9 Å². The predicted octanol–water partition coefficient (Wildman–Crippen LogP) is 16.9. The minimum atomic E-state index is -0.798. The van der Waals surface area contributed by atoms with Crippen LogP contribution in [-0.2, 0) is 28.6 Å². The average molecular weight is 853 g/mol. The molecule has 0 radical (unpaired) electrons. The highest BCUT2D eigenvalue weighted by molar-refractivity contribution is 5.71. The molecule has 0 aliphatic heterocycles. The molecule has 6 nitrogen and oxygen atoms in total. The molecule has 0 fully saturated rings. The average Bonchev–Trinajstić information content (AvgIpc) is 3.26. The molecule has 0 aromatic rings. The lowest BCUT2D eigenvalue weighted by molar-refractivity contribution is -0.167. The van der Waals surface area contributed by atoms with Gasteiger partial charge in [0.25, 0.3) is 0 Å². The Hall–Kier alpha value is -2.89. The summed E-state index contributed by atoms with van der Waals surface area (Å²) in [6, 6.07) is 0. The number of hydrogen-bond acceptors (Lipinski definition) is 6. The Labute approximate surface area is 377 Å². The minimum absolute atomic E-state index is 0.0997. The molecule has 1 atom stereocenters. The van der Waals surface area contributed by atoms with Gasteiger partial charge in [0.05, 0.1) is 0 Å². The van der Waals surface area contributed by atoms with Gasteiger partial charge in [-0.1, -0.05) is 204 Å². The molecule has 0 amide bonds. The number of unbranched alkanes of at least 4 members (excludes halogenated alkanes) is 27. The van der Waals surface area contributed by atoms with Crippen LogP contribution < -0.4 is 0 Å². The van der Waals surface area contributed by atoms with Gasteiger partial charge in [0, 0.05) is 19.3 Å². The lowest BCUT2D eigenvalue weighted by Gasteiger charge is -2.18. The summed E-state index contributed by atoms with van der Waals surface area (Å²) in [5, 5.41) is 0. The van der Waals surface area contributed by atoms with Gasteiger partial charge in [-0.05, 0) is 89.9 Å². The first kappa shape index (κ1) is 58.1. The molecule has 0 bridgehead atoms. The van der Waals surface area contributed by atoms with Crippen LogP contribution in [0.3, 0.4) is 0 Å². The van der Waals surface area contributed by atoms with E-state index in [0.29, 0.717) is 19.3 Å². The topological polar surface area (TPSA) is 78.9 Å². The van der Waals surface area contributed by atoms with Crippen LogP contribution >= 0.6 is 0 Å². The summed E-state index contributed by atoms with van der Waals surface area (Å²) in [4.78, 5) is 37.9. The Balaban J connectivity index is 4.44. The van der Waals surface area contributed by atoms with Crippen molar-refractivity contribution in [2.75, 3.05) is 13.2 Å². The maximum absolute atomic E-state index is 12.8. The molecule has 352 valence electrons. The first-order valence-corrected chi connectivity index (χ1v) is 25.8. The van der Waals surface area contributed by atoms with Crippen LogP contribution in [0.5, 0.6) is 0 Å². The van der Waals surface area contributed by atoms with E-state index in [-0.39, 0.29) is 31.1 Å². The number of ether oxygens (including phenoxy) is 3. The minimum Gasteiger partial charge on any atom is -0.462 e. The Morgan fingerprint density at radius 2 is 0.607 bits per heavy atom. The van der Waals surface area contributed by atoms with Crippen LogP contribution in [-0.4, -0.2) is 37.2 Å². The molecule has 0 rings (SSSR count). The van der Waals surface area contributed by atoms with Gasteiger partial charge in [-0.25, -0.2) is 0 Å². The molecule has 0 saturated heterocycles. The van der Waals surface area contributed by atoms with Gasteiger partial charge in [-0.3, -0.25) is 14.4 Å². The smallest absolute Gasteiger partial charge is 0.306 e. The second-order valence-corrected chi connectivity index (χ2v) is 17.1. The van der Waals surface area contributed by atoms with Crippen LogP contribution in [0.25, 0.3) is 0 Å². The fourth-order valence-electron chi connectivity index (χ4n) is 7.05. The van der Waals surface area contributed by atoms with Crippen LogP contribution in [0.2, 0.25) is 0 Å². The van der Waals surface area contributed by atoms with Crippen molar-refractivity contribution in [3.63, 3.8) is 0 Å². The maximum Gasteiger partial charge on any atom is 0.306 e. The molecule has 0 heterocycles. The van der Waals surface area contributed by atoms with Crippen LogP contribution in [0, 0.1) is 0 Å². The molecule has 0 aromatic carbocycles. The van der Waals surface area contributed by atoms with Crippen molar-refractivity contribution < 1.29 is 28.6 Å². The van der Waals surface area contributed by atoms with E-state index in [1.165, 1.54) is 116 Å². The first-order valence-electron chi connectivity index (χ1n) is 25.8. The molecule has 0 aromatic heterocycles. The maximum atomic E-state index is 12.8. The van der Waals surface area contributed by atoms with Gasteiger partial charge < -0.3 is 14.2 Å². The summed E-state index contributed by atoms with van der Waals surface area (Å²) in [5.74, 6) is -0.958. The molecule has 1 unspecified atom stereocenters. The number of carbonyl (C=O) groups is 3. The molecule has 6 heteroatoms. The van der Waals surface area contributed by atoms with Crippen LogP contribution in [0.15, 0.2) is 60.8 Å². The van der Waals surface area contributed by atoms with E-state index >= 15 is 0 Å². The molecule has 61 heavy (non-hydrogen) atoms. The quantitative estimate of drug-likeness (QED) is 0.0200. The summed E-state index contributed by atoms with van der Waals surface area (Å²) < 4.78 is 16.7. The second-order valence-electron chi connectivity index (χ2n) is 17.1. The second kappa shape index (κ2) is 49.8. The Morgan fingerprint density at radius 3 is 0.984 bits per heavy atom. The molecular weight excluding hydrogens is 757 g/mol. The third-order valence-corrected chi connectivity index (χ3v) is 11.0. The van der Waals surface area contributed by atoms with Crippen LogP contribution in [0.1, 0.15) is 252 Å². The SMILES string of the molecule is CCCC/C=C\C=C/CCCCCC(=O)OCC(COC(=O)CCCCC/C=C\C=C/CCCCCCCCC)OC(=O)CCCCCCC/C=C\CCCCCCCCC. The number of hydrogen-bond donors (Lipinski definition) is 0. The van der Waals surface area contributed by atoms with E-state index in [1.807, 2.05) is 0 Å². The van der Waals surface area contributed by atoms with E-state index in [0.717, 1.165) is 96.3 Å². The van der Waals surface area contributed by atoms with Gasteiger partial charge in [-0.2, -0.15) is 0 Å². The lowest BCUT2D eigenvalue weighted by Crippen LogP contribution is -2.30. The Morgan fingerprint density at radius 1 is 0.328 bits per heavy atom. The Bertz CT molecular complexity index is 1120. The summed E-state index contributed by atoms with van der Waals surface area (Å²) in [6.45, 7) is 6.53. The highest BCUT2D eigenvalue weighted by Crippen LogP contribution is 2.13. The van der Waals surface area contributed by atoms with Crippen molar-refractivity contribution in [3.8, 4) is 0 Å². The van der Waals surface area contributed by atoms with Crippen molar-refractivity contribution >= 4 is 17.9 Å². The first-order chi connectivity index (χ1) is 30.0. The number of esters is 3. The summed E-state index contributed by atoms with van der Waals surface area (Å²) in [7, 11) is 0. The molecule has 0 aliphatic carbocycles. The van der Waals surface area contributed by atoms with E-state index in [9.17, 15) is 14.4 Å². The fourth-order valence-corrected chi connectivity index (χ4v) is 7.05. The number of allylic oxidation sites excluding steroid dienone is 10. The zero-order valence-electron chi connectivity index (χ0n) is 40.2. The van der Waals surface area contributed by atoms with Gasteiger partial charge in [-0.15, -0.1) is 0 Å². The highest BCUT2D eigenvalue weighted by Gasteiger charge is 2.19. The number of rotatable bonds is 46. The van der Waals surface area contributed by atoms with Crippen molar-refractivity contribution in [3.05, 3.63) is 60.8 Å². The van der Waals surface area contributed by atoms with Crippen molar-refractivity contribution in [1.82, 2.24) is 0 Å². The monoisotopic (exact) mass is 853 g/mol. The van der Waals surface area contributed by atoms with Gasteiger partial charge in [0.15, 0.2) is 6.10 Å². The standard InChI is InChI=1S/C55H96O6/c1-4-7-10-13-16-19-22-24-26-28-30-33-36-39-42-45-48-54(57)60-51-52(50-59-53(56)47-44-41-38-35-32-21-18-15-12-9-6-3)61-55(58)49-46-43-40-37-34-31-29-27-25-23-20-17-14-11-8-5-2/h15,18,21,26-30,32-33,52H,4-14,16-17,19-20,22-25,31,34-51H2,1-3H3/b18-15-,28-26-,29-27-,32-21-,33-30-. The molecule has 0 spiro atoms. The molecule has 0 aliphatic rings. The third kappa shape index (κ3) is 48.0. The predicted molar refractivity (Wildman–Crippen MR) is 261 cm³/mol. The third-order valence-electron chi connectivity index (χ3n) is 11.0. The highest BCUT2D eigenvalue weighted by atomic mass is 16.6. The van der Waals surface area contributed by atoms with Crippen LogP contribution in [0.4, 0.5) is 0 Å². The van der Waals surface area contributed by atoms with Gasteiger partial charge in [0.2, 0.25) is 0 Å². The normalized spacial score (nSPS) is 12.5. The van der Waals surface area contributed by atoms with E-state index in [4.69, 9.17) is 14.2 Å². The van der Waals surface area contributed by atoms with Crippen molar-refractivity contribution in [2.24, 2.45) is 0 Å². The zero-order chi connectivity index (χ0) is 44.4. The zero-order valence-corrected chi connectivity index (χ0v) is 40.2. The van der Waals surface area contributed by atoms with Gasteiger partial charge in [0.1, 0.15) is 13.2 Å². The Kier molecular flexibility index (Phi) is 47.4. The van der Waals surface area contributed by atoms with Crippen molar-refractivity contribution in [1.29, 1.82) is 0 Å². The fraction of sp³-hybridized carbons (Fsp3) is 0.764. The van der Waals surface area contributed by atoms with E-state index in [1.54, 1.807) is 0 Å². The molecule has 0 N–H and O–H groups in total. The largest absolute Gasteiger partial charge is 0.462 e. The molecule has 0 saturated carbocycles. The summed E-state index contributed by atoms with van der Waals surface area (Å²) >= 11 is 0. The van der Waals surface area contributed by atoms with Crippen molar-refractivity contribution in [2.45, 2.75) is 258 Å². The lowest BCUT2D eigenvalue weighted by atomic mass is 10.1. The summed E-state index contributed by atoms with van der Waals surface area (Å²) in [6.07, 6.45) is 60.6. The number of carbonyl (C=O) groups excluding carboxylic acids is 3.